The molecule has 0 aromatic heterocycles. The van der Waals surface area contributed by atoms with E-state index in [0.717, 1.165) is 0 Å². The van der Waals surface area contributed by atoms with Crippen LogP contribution in [0.15, 0.2) is 24.3 Å². The predicted molar refractivity (Wildman–Crippen MR) is 52.6 cm³/mol. The second-order valence-electron chi connectivity index (χ2n) is 3.10. The summed E-state index contributed by atoms with van der Waals surface area (Å²) in [7, 11) is 2.99. The molecule has 1 rings (SSSR count). The fourth-order valence-electron chi connectivity index (χ4n) is 1.33. The molecule has 4 heteroatoms. The van der Waals surface area contributed by atoms with Gasteiger partial charge in [0.1, 0.15) is 5.75 Å². The third-order valence-electron chi connectivity index (χ3n) is 2.11. The quantitative estimate of drug-likeness (QED) is 0.694. The van der Waals surface area contributed by atoms with E-state index < -0.39 is 11.9 Å². The topological polar surface area (TPSA) is 58.6 Å². The normalized spacial score (nSPS) is 12.1. The van der Waals surface area contributed by atoms with Crippen LogP contribution in [-0.2, 0) is 9.53 Å². The van der Waals surface area contributed by atoms with Crippen LogP contribution in [0.5, 0.6) is 5.75 Å². The molecule has 82 valence electrons. The molecule has 0 fully saturated rings. The zero-order chi connectivity index (χ0) is 11.3. The van der Waals surface area contributed by atoms with E-state index in [0.29, 0.717) is 11.3 Å². The van der Waals surface area contributed by atoms with Crippen molar-refractivity contribution in [3.8, 4) is 5.75 Å². The van der Waals surface area contributed by atoms with Crippen LogP contribution in [-0.4, -0.2) is 26.8 Å². The molecule has 0 amide bonds. The number of carbonyl (C=O) groups excluding carboxylic acids is 1. The number of rotatable bonds is 5. The average Bonchev–Trinajstić information content (AvgIpc) is 2.25. The molecule has 1 aromatic rings. The molecule has 0 bridgehead atoms. The van der Waals surface area contributed by atoms with Crippen molar-refractivity contribution >= 4 is 5.97 Å². The Kier molecular flexibility index (Phi) is 4.12. The predicted octanol–water partition coefficient (Wildman–Crippen LogP) is 0.175. The largest absolute Gasteiger partial charge is 0.549 e. The van der Waals surface area contributed by atoms with Crippen molar-refractivity contribution in [2.75, 3.05) is 20.8 Å². The summed E-state index contributed by atoms with van der Waals surface area (Å²) in [6.07, 6.45) is 0. The molecular weight excluding hydrogens is 196 g/mol. The Morgan fingerprint density at radius 1 is 1.47 bits per heavy atom. The molecule has 1 aromatic carbocycles. The molecule has 1 unspecified atom stereocenters. The lowest BCUT2D eigenvalue weighted by molar-refractivity contribution is -0.308. The maximum atomic E-state index is 10.9. The summed E-state index contributed by atoms with van der Waals surface area (Å²) in [4.78, 5) is 10.9. The van der Waals surface area contributed by atoms with Gasteiger partial charge in [-0.05, 0) is 17.7 Å². The zero-order valence-corrected chi connectivity index (χ0v) is 8.73. The first-order chi connectivity index (χ1) is 7.19. The van der Waals surface area contributed by atoms with Crippen molar-refractivity contribution in [2.45, 2.75) is 5.92 Å². The molecule has 0 aliphatic rings. The number of hydrogen-bond acceptors (Lipinski definition) is 4. The number of ether oxygens (including phenoxy) is 2. The highest BCUT2D eigenvalue weighted by molar-refractivity contribution is 5.74. The van der Waals surface area contributed by atoms with Crippen LogP contribution >= 0.6 is 0 Å². The van der Waals surface area contributed by atoms with E-state index in [1.807, 2.05) is 0 Å². The second kappa shape index (κ2) is 5.36. The van der Waals surface area contributed by atoms with Gasteiger partial charge in [-0.25, -0.2) is 0 Å². The summed E-state index contributed by atoms with van der Waals surface area (Å²) in [5.41, 5.74) is 0.621. The van der Waals surface area contributed by atoms with Crippen LogP contribution in [0.25, 0.3) is 0 Å². The van der Waals surface area contributed by atoms with Crippen molar-refractivity contribution in [1.29, 1.82) is 0 Å². The van der Waals surface area contributed by atoms with Gasteiger partial charge >= 0.3 is 0 Å². The number of carboxylic acids is 1. The first kappa shape index (κ1) is 11.5. The SMILES string of the molecule is COCC(C(=O)[O-])c1cccc(OC)c1. The smallest absolute Gasteiger partial charge is 0.119 e. The Bertz CT molecular complexity index is 335. The van der Waals surface area contributed by atoms with Gasteiger partial charge in [0.15, 0.2) is 0 Å². The van der Waals surface area contributed by atoms with Gasteiger partial charge in [0.2, 0.25) is 0 Å². The van der Waals surface area contributed by atoms with Crippen LogP contribution in [0.2, 0.25) is 0 Å². The van der Waals surface area contributed by atoms with E-state index in [-0.39, 0.29) is 6.61 Å². The van der Waals surface area contributed by atoms with Gasteiger partial charge in [0, 0.05) is 13.0 Å². The number of hydrogen-bond donors (Lipinski definition) is 0. The summed E-state index contributed by atoms with van der Waals surface area (Å²) in [6.45, 7) is 0.0928. The van der Waals surface area contributed by atoms with E-state index in [9.17, 15) is 9.90 Å². The number of methoxy groups -OCH3 is 2. The van der Waals surface area contributed by atoms with Crippen LogP contribution in [0.4, 0.5) is 0 Å². The molecule has 0 saturated carbocycles. The molecule has 0 heterocycles. The van der Waals surface area contributed by atoms with Gasteiger partial charge in [-0.15, -0.1) is 0 Å². The Morgan fingerprint density at radius 2 is 2.20 bits per heavy atom. The molecule has 0 aliphatic carbocycles. The minimum absolute atomic E-state index is 0.0928. The molecule has 4 nitrogen and oxygen atoms in total. The van der Waals surface area contributed by atoms with Crippen LogP contribution in [0.1, 0.15) is 11.5 Å². The minimum atomic E-state index is -1.15. The Morgan fingerprint density at radius 3 is 2.73 bits per heavy atom. The molecule has 0 spiro atoms. The Balaban J connectivity index is 2.94. The summed E-state index contributed by atoms with van der Waals surface area (Å²) < 4.78 is 9.84. The molecule has 15 heavy (non-hydrogen) atoms. The molecule has 0 N–H and O–H groups in total. The Hall–Kier alpha value is -1.55. The molecule has 1 atom stereocenters. The van der Waals surface area contributed by atoms with Crippen molar-refractivity contribution in [1.82, 2.24) is 0 Å². The fraction of sp³-hybridized carbons (Fsp3) is 0.364. The standard InChI is InChI=1S/C11H14O4/c1-14-7-10(11(12)13)8-4-3-5-9(6-8)15-2/h3-6,10H,7H2,1-2H3,(H,12,13)/p-1. The van der Waals surface area contributed by atoms with Crippen molar-refractivity contribution in [2.24, 2.45) is 0 Å². The maximum absolute atomic E-state index is 10.9. The lowest BCUT2D eigenvalue weighted by atomic mass is 10.00. The fourth-order valence-corrected chi connectivity index (χ4v) is 1.33. The van der Waals surface area contributed by atoms with Crippen LogP contribution in [0.3, 0.4) is 0 Å². The van der Waals surface area contributed by atoms with Gasteiger partial charge in [-0.2, -0.15) is 0 Å². The summed E-state index contributed by atoms with van der Waals surface area (Å²) in [5.74, 6) is -1.29. The minimum Gasteiger partial charge on any atom is -0.549 e. The summed E-state index contributed by atoms with van der Waals surface area (Å²) in [6, 6.07) is 6.86. The van der Waals surface area contributed by atoms with Gasteiger partial charge in [0.25, 0.3) is 0 Å². The highest BCUT2D eigenvalue weighted by Crippen LogP contribution is 2.20. The highest BCUT2D eigenvalue weighted by atomic mass is 16.5. The molecular formula is C11H13O4-. The molecule has 0 aliphatic heterocycles. The second-order valence-corrected chi connectivity index (χ2v) is 3.10. The van der Waals surface area contributed by atoms with Gasteiger partial charge < -0.3 is 19.4 Å². The summed E-state index contributed by atoms with van der Waals surface area (Å²) in [5, 5.41) is 10.9. The van der Waals surface area contributed by atoms with E-state index in [4.69, 9.17) is 9.47 Å². The van der Waals surface area contributed by atoms with Crippen molar-refractivity contribution in [3.63, 3.8) is 0 Å². The van der Waals surface area contributed by atoms with Gasteiger partial charge in [-0.3, -0.25) is 0 Å². The van der Waals surface area contributed by atoms with E-state index in [1.165, 1.54) is 14.2 Å². The van der Waals surface area contributed by atoms with Crippen molar-refractivity contribution < 1.29 is 19.4 Å². The first-order valence-electron chi connectivity index (χ1n) is 4.52. The third-order valence-corrected chi connectivity index (χ3v) is 2.11. The Labute approximate surface area is 88.4 Å². The molecule has 0 radical (unpaired) electrons. The molecule has 0 saturated heterocycles. The summed E-state index contributed by atoms with van der Waals surface area (Å²) >= 11 is 0. The van der Waals surface area contributed by atoms with E-state index >= 15 is 0 Å². The zero-order valence-electron chi connectivity index (χ0n) is 8.73. The van der Waals surface area contributed by atoms with Gasteiger partial charge in [0.05, 0.1) is 19.7 Å². The number of carbonyl (C=O) groups is 1. The third kappa shape index (κ3) is 2.95. The highest BCUT2D eigenvalue weighted by Gasteiger charge is 2.12. The van der Waals surface area contributed by atoms with Gasteiger partial charge in [-0.1, -0.05) is 12.1 Å². The van der Waals surface area contributed by atoms with E-state index in [1.54, 1.807) is 24.3 Å². The monoisotopic (exact) mass is 209 g/mol. The van der Waals surface area contributed by atoms with E-state index in [2.05, 4.69) is 0 Å². The first-order valence-corrected chi connectivity index (χ1v) is 4.52. The van der Waals surface area contributed by atoms with Crippen LogP contribution in [0, 0.1) is 0 Å². The number of aliphatic carboxylic acids is 1. The number of carboxylic acid groups (broad SMARTS) is 1. The van der Waals surface area contributed by atoms with Crippen molar-refractivity contribution in [3.05, 3.63) is 29.8 Å². The maximum Gasteiger partial charge on any atom is 0.119 e. The van der Waals surface area contributed by atoms with Crippen LogP contribution < -0.4 is 9.84 Å². The number of benzene rings is 1. The lowest BCUT2D eigenvalue weighted by Crippen LogP contribution is -2.32. The average molecular weight is 209 g/mol. The lowest BCUT2D eigenvalue weighted by Gasteiger charge is -2.17.